The lowest BCUT2D eigenvalue weighted by Gasteiger charge is -2.27. The third kappa shape index (κ3) is 2.94. The average molecular weight is 250 g/mol. The van der Waals surface area contributed by atoms with Crippen LogP contribution in [0.2, 0.25) is 0 Å². The van der Waals surface area contributed by atoms with Crippen LogP contribution in [-0.4, -0.2) is 24.3 Å². The molecule has 0 saturated carbocycles. The molecule has 0 radical (unpaired) electrons. The van der Waals surface area contributed by atoms with E-state index in [0.29, 0.717) is 13.0 Å². The van der Waals surface area contributed by atoms with Crippen molar-refractivity contribution in [1.29, 1.82) is 0 Å². The largest absolute Gasteiger partial charge is 0.486 e. The van der Waals surface area contributed by atoms with Gasteiger partial charge in [-0.2, -0.15) is 0 Å². The number of hydrogen-bond donors (Lipinski definition) is 3. The Morgan fingerprint density at radius 3 is 3.11 bits per heavy atom. The lowest BCUT2D eigenvalue weighted by atomic mass is 10.0. The molecule has 0 aliphatic carbocycles. The van der Waals surface area contributed by atoms with Crippen LogP contribution in [0.15, 0.2) is 18.2 Å². The standard InChI is InChI=1S/C14H22N2O2/c1-2-11-9-16-12-8-10(5-6-14(12)18-11)13(17)4-3-7-15/h5-6,8,11,13,16-17H,2-4,7,9,15H2,1H3. The number of nitrogens with one attached hydrogen (secondary N) is 1. The van der Waals surface area contributed by atoms with Gasteiger partial charge >= 0.3 is 0 Å². The summed E-state index contributed by atoms with van der Waals surface area (Å²) in [6.45, 7) is 3.55. The Labute approximate surface area is 108 Å². The number of anilines is 1. The molecule has 100 valence electrons. The van der Waals surface area contributed by atoms with Gasteiger partial charge in [-0.3, -0.25) is 0 Å². The van der Waals surface area contributed by atoms with Crippen molar-refractivity contribution in [1.82, 2.24) is 0 Å². The number of rotatable bonds is 5. The Bertz CT molecular complexity index is 395. The smallest absolute Gasteiger partial charge is 0.142 e. The first-order valence-corrected chi connectivity index (χ1v) is 6.67. The number of nitrogens with two attached hydrogens (primary N) is 1. The van der Waals surface area contributed by atoms with E-state index in [1.54, 1.807) is 0 Å². The Morgan fingerprint density at radius 2 is 2.39 bits per heavy atom. The van der Waals surface area contributed by atoms with E-state index < -0.39 is 6.10 Å². The van der Waals surface area contributed by atoms with E-state index in [0.717, 1.165) is 36.4 Å². The maximum Gasteiger partial charge on any atom is 0.142 e. The number of hydrogen-bond acceptors (Lipinski definition) is 4. The maximum absolute atomic E-state index is 10.0. The summed E-state index contributed by atoms with van der Waals surface area (Å²) in [4.78, 5) is 0. The zero-order valence-corrected chi connectivity index (χ0v) is 10.9. The minimum Gasteiger partial charge on any atom is -0.486 e. The van der Waals surface area contributed by atoms with Crippen LogP contribution in [0.3, 0.4) is 0 Å². The van der Waals surface area contributed by atoms with E-state index in [1.165, 1.54) is 0 Å². The number of ether oxygens (including phenoxy) is 1. The molecule has 1 aliphatic heterocycles. The topological polar surface area (TPSA) is 67.5 Å². The fraction of sp³-hybridized carbons (Fsp3) is 0.571. The zero-order valence-electron chi connectivity index (χ0n) is 10.9. The molecule has 0 bridgehead atoms. The monoisotopic (exact) mass is 250 g/mol. The summed E-state index contributed by atoms with van der Waals surface area (Å²) in [7, 11) is 0. The van der Waals surface area contributed by atoms with Crippen molar-refractivity contribution in [2.75, 3.05) is 18.4 Å². The number of aliphatic hydroxyl groups excluding tert-OH is 1. The highest BCUT2D eigenvalue weighted by Crippen LogP contribution is 2.33. The fourth-order valence-electron chi connectivity index (χ4n) is 2.15. The molecule has 0 amide bonds. The second kappa shape index (κ2) is 6.07. The van der Waals surface area contributed by atoms with Crippen LogP contribution >= 0.6 is 0 Å². The van der Waals surface area contributed by atoms with Crippen LogP contribution in [0.5, 0.6) is 5.75 Å². The van der Waals surface area contributed by atoms with Gasteiger partial charge < -0.3 is 20.9 Å². The molecule has 2 atom stereocenters. The van der Waals surface area contributed by atoms with Gasteiger partial charge in [0.2, 0.25) is 0 Å². The molecular weight excluding hydrogens is 228 g/mol. The van der Waals surface area contributed by atoms with Crippen LogP contribution in [0.1, 0.15) is 37.9 Å². The molecule has 2 rings (SSSR count). The van der Waals surface area contributed by atoms with Gasteiger partial charge in [-0.25, -0.2) is 0 Å². The molecule has 4 heteroatoms. The minimum absolute atomic E-state index is 0.241. The molecule has 1 aromatic rings. The van der Waals surface area contributed by atoms with Gasteiger partial charge in [0.05, 0.1) is 18.3 Å². The van der Waals surface area contributed by atoms with Crippen molar-refractivity contribution in [3.05, 3.63) is 23.8 Å². The summed E-state index contributed by atoms with van der Waals surface area (Å²) < 4.78 is 5.83. The molecule has 2 unspecified atom stereocenters. The quantitative estimate of drug-likeness (QED) is 0.748. The normalized spacial score (nSPS) is 19.6. The van der Waals surface area contributed by atoms with Gasteiger partial charge in [0, 0.05) is 0 Å². The van der Waals surface area contributed by atoms with Crippen LogP contribution in [0.25, 0.3) is 0 Å². The Kier molecular flexibility index (Phi) is 4.44. The Hall–Kier alpha value is -1.26. The molecule has 0 spiro atoms. The first-order valence-electron chi connectivity index (χ1n) is 6.67. The minimum atomic E-state index is -0.440. The average Bonchev–Trinajstić information content (AvgIpc) is 2.43. The second-order valence-electron chi connectivity index (χ2n) is 4.73. The van der Waals surface area contributed by atoms with E-state index in [4.69, 9.17) is 10.5 Å². The molecule has 1 aromatic carbocycles. The fourth-order valence-corrected chi connectivity index (χ4v) is 2.15. The third-order valence-electron chi connectivity index (χ3n) is 3.34. The van der Waals surface area contributed by atoms with E-state index in [1.807, 2.05) is 18.2 Å². The van der Waals surface area contributed by atoms with E-state index in [-0.39, 0.29) is 6.10 Å². The van der Waals surface area contributed by atoms with Crippen molar-refractivity contribution >= 4 is 5.69 Å². The maximum atomic E-state index is 10.0. The lowest BCUT2D eigenvalue weighted by molar-refractivity contribution is 0.165. The van der Waals surface area contributed by atoms with E-state index in [2.05, 4.69) is 12.2 Å². The molecule has 18 heavy (non-hydrogen) atoms. The van der Waals surface area contributed by atoms with Gasteiger partial charge in [0.15, 0.2) is 0 Å². The highest BCUT2D eigenvalue weighted by Gasteiger charge is 2.19. The molecule has 1 aliphatic rings. The Balaban J connectivity index is 2.08. The van der Waals surface area contributed by atoms with Gasteiger partial charge in [0.25, 0.3) is 0 Å². The van der Waals surface area contributed by atoms with Crippen LogP contribution < -0.4 is 15.8 Å². The first kappa shape index (κ1) is 13.2. The van der Waals surface area contributed by atoms with Crippen LogP contribution in [-0.2, 0) is 0 Å². The van der Waals surface area contributed by atoms with Gasteiger partial charge in [0.1, 0.15) is 11.9 Å². The number of aliphatic hydroxyl groups is 1. The SMILES string of the molecule is CCC1CNc2cc(C(O)CCCN)ccc2O1. The third-order valence-corrected chi connectivity index (χ3v) is 3.34. The predicted octanol–water partition coefficient (Wildman–Crippen LogP) is 2.04. The van der Waals surface area contributed by atoms with Crippen molar-refractivity contribution in [3.63, 3.8) is 0 Å². The molecule has 0 saturated heterocycles. The van der Waals surface area contributed by atoms with Crippen molar-refractivity contribution in [2.45, 2.75) is 38.4 Å². The Morgan fingerprint density at radius 1 is 1.56 bits per heavy atom. The molecule has 0 fully saturated rings. The summed E-state index contributed by atoms with van der Waals surface area (Å²) in [5, 5.41) is 13.4. The highest BCUT2D eigenvalue weighted by atomic mass is 16.5. The number of benzene rings is 1. The first-order chi connectivity index (χ1) is 8.74. The van der Waals surface area contributed by atoms with Crippen molar-refractivity contribution in [3.8, 4) is 5.75 Å². The van der Waals surface area contributed by atoms with Gasteiger partial charge in [-0.1, -0.05) is 13.0 Å². The molecular formula is C14H22N2O2. The molecule has 1 heterocycles. The summed E-state index contributed by atoms with van der Waals surface area (Å²) in [6.07, 6.45) is 2.33. The second-order valence-corrected chi connectivity index (χ2v) is 4.73. The van der Waals surface area contributed by atoms with Crippen LogP contribution in [0, 0.1) is 0 Å². The summed E-state index contributed by atoms with van der Waals surface area (Å²) in [5.74, 6) is 0.878. The van der Waals surface area contributed by atoms with E-state index in [9.17, 15) is 5.11 Å². The predicted molar refractivity (Wildman–Crippen MR) is 72.9 cm³/mol. The lowest BCUT2D eigenvalue weighted by Crippen LogP contribution is -2.30. The highest BCUT2D eigenvalue weighted by molar-refractivity contribution is 5.59. The van der Waals surface area contributed by atoms with Crippen LogP contribution in [0.4, 0.5) is 5.69 Å². The summed E-state index contributed by atoms with van der Waals surface area (Å²) in [6, 6.07) is 5.84. The van der Waals surface area contributed by atoms with Crippen molar-refractivity contribution < 1.29 is 9.84 Å². The molecule has 0 aromatic heterocycles. The summed E-state index contributed by atoms with van der Waals surface area (Å²) in [5.41, 5.74) is 7.35. The molecule has 4 N–H and O–H groups in total. The van der Waals surface area contributed by atoms with Gasteiger partial charge in [-0.05, 0) is 43.5 Å². The summed E-state index contributed by atoms with van der Waals surface area (Å²) >= 11 is 0. The van der Waals surface area contributed by atoms with Gasteiger partial charge in [-0.15, -0.1) is 0 Å². The molecule has 4 nitrogen and oxygen atoms in total. The zero-order chi connectivity index (χ0) is 13.0. The van der Waals surface area contributed by atoms with Crippen molar-refractivity contribution in [2.24, 2.45) is 5.73 Å². The number of fused-ring (bicyclic) bond motifs is 1. The van der Waals surface area contributed by atoms with E-state index >= 15 is 0 Å².